The molecule has 0 aliphatic rings. The molecule has 0 radical (unpaired) electrons. The average molecular weight is 259 g/mol. The molecule has 17 heavy (non-hydrogen) atoms. The van der Waals surface area contributed by atoms with E-state index in [9.17, 15) is 8.42 Å². The Morgan fingerprint density at radius 2 is 2.00 bits per heavy atom. The van der Waals surface area contributed by atoms with E-state index >= 15 is 0 Å². The Labute approximate surface area is 106 Å². The number of allylic oxidation sites excluding steroid dienone is 2. The van der Waals surface area contributed by atoms with Gasteiger partial charge in [-0.3, -0.25) is 0 Å². The number of hydrogen-bond donors (Lipinski definition) is 0. The average Bonchev–Trinajstić information content (AvgIpc) is 2.16. The quantitative estimate of drug-likeness (QED) is 0.659. The Balaban J connectivity index is 4.42. The Morgan fingerprint density at radius 1 is 1.41 bits per heavy atom. The molecule has 1 unspecified atom stereocenters. The van der Waals surface area contributed by atoms with Crippen LogP contribution in [0.4, 0.5) is 0 Å². The van der Waals surface area contributed by atoms with E-state index in [-0.39, 0.29) is 0 Å². The molecule has 0 heterocycles. The van der Waals surface area contributed by atoms with Crippen LogP contribution in [0.15, 0.2) is 23.1 Å². The first-order valence-corrected chi connectivity index (χ1v) is 7.93. The van der Waals surface area contributed by atoms with Gasteiger partial charge in [-0.05, 0) is 38.9 Å². The lowest BCUT2D eigenvalue weighted by atomic mass is 10.1. The fourth-order valence-corrected chi connectivity index (χ4v) is 2.47. The monoisotopic (exact) mass is 259 g/mol. The molecule has 1 atom stereocenters. The van der Waals surface area contributed by atoms with Crippen LogP contribution in [0, 0.1) is 5.92 Å². The van der Waals surface area contributed by atoms with Crippen LogP contribution >= 0.6 is 0 Å². The molecule has 0 amide bonds. The summed E-state index contributed by atoms with van der Waals surface area (Å²) in [6.07, 6.45) is 7.67. The SMILES string of the molecule is C/C=C(\C=C/C(C)CN(C)CCC)S(C)(=O)=O. The summed E-state index contributed by atoms with van der Waals surface area (Å²) in [5.41, 5.74) is 0. The van der Waals surface area contributed by atoms with Gasteiger partial charge in [0.15, 0.2) is 9.84 Å². The Morgan fingerprint density at radius 3 is 2.41 bits per heavy atom. The second-order valence-corrected chi connectivity index (χ2v) is 6.58. The lowest BCUT2D eigenvalue weighted by Crippen LogP contribution is -2.24. The second-order valence-electron chi connectivity index (χ2n) is 4.56. The molecule has 0 spiro atoms. The number of nitrogens with zero attached hydrogens (tertiary/aromatic N) is 1. The van der Waals surface area contributed by atoms with Gasteiger partial charge in [-0.1, -0.05) is 26.0 Å². The van der Waals surface area contributed by atoms with Crippen LogP contribution in [-0.2, 0) is 9.84 Å². The minimum atomic E-state index is -3.09. The van der Waals surface area contributed by atoms with Gasteiger partial charge in [-0.2, -0.15) is 0 Å². The van der Waals surface area contributed by atoms with Crippen molar-refractivity contribution in [2.75, 3.05) is 26.4 Å². The molecule has 4 heteroatoms. The maximum atomic E-state index is 11.4. The van der Waals surface area contributed by atoms with Gasteiger partial charge in [0, 0.05) is 12.8 Å². The van der Waals surface area contributed by atoms with Gasteiger partial charge < -0.3 is 4.90 Å². The zero-order valence-corrected chi connectivity index (χ0v) is 12.4. The lowest BCUT2D eigenvalue weighted by molar-refractivity contribution is 0.308. The van der Waals surface area contributed by atoms with Crippen molar-refractivity contribution in [2.24, 2.45) is 5.92 Å². The third kappa shape index (κ3) is 7.34. The smallest absolute Gasteiger partial charge is 0.175 e. The summed E-state index contributed by atoms with van der Waals surface area (Å²) in [7, 11) is -1.00. The van der Waals surface area contributed by atoms with E-state index in [1.165, 1.54) is 6.26 Å². The summed E-state index contributed by atoms with van der Waals surface area (Å²) in [5.74, 6) is 0.350. The molecule has 0 aromatic rings. The highest BCUT2D eigenvalue weighted by Crippen LogP contribution is 2.09. The molecule has 0 N–H and O–H groups in total. The van der Waals surface area contributed by atoms with Crippen LogP contribution in [0.5, 0.6) is 0 Å². The molecule has 0 aromatic carbocycles. The molecule has 0 rings (SSSR count). The Hall–Kier alpha value is -0.610. The highest BCUT2D eigenvalue weighted by Gasteiger charge is 2.07. The lowest BCUT2D eigenvalue weighted by Gasteiger charge is -2.18. The van der Waals surface area contributed by atoms with E-state index < -0.39 is 9.84 Å². The molecular weight excluding hydrogens is 234 g/mol. The Kier molecular flexibility index (Phi) is 7.39. The summed E-state index contributed by atoms with van der Waals surface area (Å²) >= 11 is 0. The third-order valence-corrected chi connectivity index (χ3v) is 3.73. The highest BCUT2D eigenvalue weighted by atomic mass is 32.2. The van der Waals surface area contributed by atoms with E-state index in [1.54, 1.807) is 19.1 Å². The van der Waals surface area contributed by atoms with Gasteiger partial charge >= 0.3 is 0 Å². The summed E-state index contributed by atoms with van der Waals surface area (Å²) in [6.45, 7) is 8.01. The molecular formula is C13H25NO2S. The van der Waals surface area contributed by atoms with E-state index in [0.717, 1.165) is 19.5 Å². The summed E-state index contributed by atoms with van der Waals surface area (Å²) in [6, 6.07) is 0. The number of sulfone groups is 1. The first kappa shape index (κ1) is 16.4. The minimum Gasteiger partial charge on any atom is -0.306 e. The molecule has 0 aromatic heterocycles. The molecule has 0 bridgehead atoms. The zero-order valence-electron chi connectivity index (χ0n) is 11.6. The molecule has 3 nitrogen and oxygen atoms in total. The van der Waals surface area contributed by atoms with Crippen molar-refractivity contribution in [3.8, 4) is 0 Å². The summed E-state index contributed by atoms with van der Waals surface area (Å²) in [5, 5.41) is 0. The molecule has 0 aliphatic heterocycles. The van der Waals surface area contributed by atoms with Crippen molar-refractivity contribution in [2.45, 2.75) is 27.2 Å². The van der Waals surface area contributed by atoms with Gasteiger partial charge in [0.25, 0.3) is 0 Å². The van der Waals surface area contributed by atoms with Crippen LogP contribution in [0.1, 0.15) is 27.2 Å². The Bertz CT molecular complexity index is 369. The molecule has 0 fully saturated rings. The zero-order chi connectivity index (χ0) is 13.5. The molecule has 100 valence electrons. The van der Waals surface area contributed by atoms with Crippen LogP contribution in [0.3, 0.4) is 0 Å². The normalized spacial score (nSPS) is 15.8. The first-order chi connectivity index (χ1) is 7.81. The fraction of sp³-hybridized carbons (Fsp3) is 0.692. The first-order valence-electron chi connectivity index (χ1n) is 6.04. The van der Waals surface area contributed by atoms with Gasteiger partial charge in [-0.15, -0.1) is 0 Å². The standard InChI is InChI=1S/C13H25NO2S/c1-6-10-14(4)11-12(3)8-9-13(7-2)17(5,15)16/h7-9,12H,6,10-11H2,1-5H3/b9-8-,13-7+. The predicted octanol–water partition coefficient (Wildman–Crippen LogP) is 2.47. The van der Waals surface area contributed by atoms with Crippen molar-refractivity contribution in [3.05, 3.63) is 23.1 Å². The molecule has 0 saturated heterocycles. The molecule has 0 aliphatic carbocycles. The van der Waals surface area contributed by atoms with Crippen LogP contribution in [0.25, 0.3) is 0 Å². The van der Waals surface area contributed by atoms with Crippen molar-refractivity contribution >= 4 is 9.84 Å². The van der Waals surface area contributed by atoms with Crippen molar-refractivity contribution in [3.63, 3.8) is 0 Å². The molecule has 0 saturated carbocycles. The van der Waals surface area contributed by atoms with E-state index in [0.29, 0.717) is 10.8 Å². The van der Waals surface area contributed by atoms with Crippen molar-refractivity contribution in [1.29, 1.82) is 0 Å². The summed E-state index contributed by atoms with van der Waals surface area (Å²) in [4.78, 5) is 2.65. The predicted molar refractivity (Wildman–Crippen MR) is 74.7 cm³/mol. The van der Waals surface area contributed by atoms with E-state index in [1.807, 2.05) is 6.08 Å². The van der Waals surface area contributed by atoms with Crippen LogP contribution < -0.4 is 0 Å². The van der Waals surface area contributed by atoms with Gasteiger partial charge in [0.05, 0.1) is 4.91 Å². The van der Waals surface area contributed by atoms with Crippen LogP contribution in [-0.4, -0.2) is 39.7 Å². The third-order valence-electron chi connectivity index (χ3n) is 2.51. The minimum absolute atomic E-state index is 0.350. The van der Waals surface area contributed by atoms with E-state index in [2.05, 4.69) is 25.8 Å². The largest absolute Gasteiger partial charge is 0.306 e. The fourth-order valence-electron chi connectivity index (χ4n) is 1.72. The van der Waals surface area contributed by atoms with Gasteiger partial charge in [-0.25, -0.2) is 8.42 Å². The number of rotatable bonds is 7. The van der Waals surface area contributed by atoms with Crippen molar-refractivity contribution in [1.82, 2.24) is 4.90 Å². The topological polar surface area (TPSA) is 37.4 Å². The highest BCUT2D eigenvalue weighted by molar-refractivity contribution is 7.94. The van der Waals surface area contributed by atoms with E-state index in [4.69, 9.17) is 0 Å². The van der Waals surface area contributed by atoms with Crippen molar-refractivity contribution < 1.29 is 8.42 Å². The van der Waals surface area contributed by atoms with Gasteiger partial charge in [0.2, 0.25) is 0 Å². The van der Waals surface area contributed by atoms with Gasteiger partial charge in [0.1, 0.15) is 0 Å². The summed E-state index contributed by atoms with van der Waals surface area (Å²) < 4.78 is 22.7. The van der Waals surface area contributed by atoms with Crippen LogP contribution in [0.2, 0.25) is 0 Å². The maximum absolute atomic E-state index is 11.4. The maximum Gasteiger partial charge on any atom is 0.175 e. The second kappa shape index (κ2) is 7.67. The number of hydrogen-bond acceptors (Lipinski definition) is 3.